The van der Waals surface area contributed by atoms with E-state index in [1.54, 1.807) is 21.1 Å². The van der Waals surface area contributed by atoms with Gasteiger partial charge in [0.25, 0.3) is 0 Å². The zero-order valence-electron chi connectivity index (χ0n) is 11.5. The van der Waals surface area contributed by atoms with Gasteiger partial charge in [-0.25, -0.2) is 0 Å². The number of methoxy groups -OCH3 is 2. The quantitative estimate of drug-likeness (QED) is 0.632. The number of ether oxygens (including phenoxy) is 2. The van der Waals surface area contributed by atoms with Crippen LogP contribution in [-0.2, 0) is 14.3 Å². The summed E-state index contributed by atoms with van der Waals surface area (Å²) in [4.78, 5) is 13.4. The SMILES string of the molecule is COC1CN(CCCC(C)(N)C(N)=O)CC1OC. The predicted octanol–water partition coefficient (Wildman–Crippen LogP) is -0.685. The summed E-state index contributed by atoms with van der Waals surface area (Å²) < 4.78 is 10.7. The molecule has 1 saturated heterocycles. The first-order valence-electron chi connectivity index (χ1n) is 6.27. The zero-order valence-corrected chi connectivity index (χ0v) is 11.5. The average molecular weight is 259 g/mol. The minimum absolute atomic E-state index is 0.121. The third kappa shape index (κ3) is 3.91. The fraction of sp³-hybridized carbons (Fsp3) is 0.917. The highest BCUT2D eigenvalue weighted by Gasteiger charge is 2.33. The minimum Gasteiger partial charge on any atom is -0.377 e. The van der Waals surface area contributed by atoms with Gasteiger partial charge in [-0.05, 0) is 26.3 Å². The van der Waals surface area contributed by atoms with Gasteiger partial charge in [0.2, 0.25) is 5.91 Å². The second kappa shape index (κ2) is 6.47. The molecule has 1 fully saturated rings. The van der Waals surface area contributed by atoms with E-state index in [2.05, 4.69) is 4.90 Å². The Morgan fingerprint density at radius 2 is 1.83 bits per heavy atom. The standard InChI is InChI=1S/C12H25N3O3/c1-12(14,11(13)16)5-4-6-15-7-9(17-2)10(8-15)18-3/h9-10H,4-8,14H2,1-3H3,(H2,13,16). The van der Waals surface area contributed by atoms with Crippen LogP contribution in [0.3, 0.4) is 0 Å². The molecule has 0 aromatic heterocycles. The number of primary amides is 1. The smallest absolute Gasteiger partial charge is 0.237 e. The summed E-state index contributed by atoms with van der Waals surface area (Å²) in [5.74, 6) is -0.451. The topological polar surface area (TPSA) is 90.8 Å². The molecule has 0 aromatic carbocycles. The number of hydrogen-bond acceptors (Lipinski definition) is 5. The molecular weight excluding hydrogens is 234 g/mol. The van der Waals surface area contributed by atoms with Crippen LogP contribution in [0.25, 0.3) is 0 Å². The largest absolute Gasteiger partial charge is 0.377 e. The minimum atomic E-state index is -0.916. The second-order valence-electron chi connectivity index (χ2n) is 5.19. The normalized spacial score (nSPS) is 28.2. The van der Waals surface area contributed by atoms with Crippen molar-refractivity contribution in [3.63, 3.8) is 0 Å². The molecule has 0 saturated carbocycles. The maximum absolute atomic E-state index is 11.1. The van der Waals surface area contributed by atoms with Crippen molar-refractivity contribution in [3.8, 4) is 0 Å². The Hall–Kier alpha value is -0.690. The van der Waals surface area contributed by atoms with Gasteiger partial charge in [0, 0.05) is 27.3 Å². The Kier molecular flexibility index (Phi) is 5.52. The van der Waals surface area contributed by atoms with E-state index in [-0.39, 0.29) is 12.2 Å². The van der Waals surface area contributed by atoms with Gasteiger partial charge in [-0.1, -0.05) is 0 Å². The van der Waals surface area contributed by atoms with Crippen LogP contribution < -0.4 is 11.5 Å². The molecule has 0 aromatic rings. The number of hydrogen-bond donors (Lipinski definition) is 2. The summed E-state index contributed by atoms with van der Waals surface area (Å²) in [6, 6.07) is 0. The van der Waals surface area contributed by atoms with Crippen LogP contribution in [0.5, 0.6) is 0 Å². The molecule has 1 aliphatic rings. The molecule has 1 rings (SSSR count). The van der Waals surface area contributed by atoms with Gasteiger partial charge in [-0.15, -0.1) is 0 Å². The molecule has 4 N–H and O–H groups in total. The van der Waals surface area contributed by atoms with Gasteiger partial charge in [0.1, 0.15) is 0 Å². The predicted molar refractivity (Wildman–Crippen MR) is 69.1 cm³/mol. The van der Waals surface area contributed by atoms with Crippen LogP contribution >= 0.6 is 0 Å². The molecule has 3 atom stereocenters. The van der Waals surface area contributed by atoms with Crippen molar-refractivity contribution < 1.29 is 14.3 Å². The van der Waals surface area contributed by atoms with Crippen molar-refractivity contribution in [2.75, 3.05) is 33.9 Å². The Morgan fingerprint density at radius 3 is 2.22 bits per heavy atom. The molecule has 0 aliphatic carbocycles. The molecule has 106 valence electrons. The van der Waals surface area contributed by atoms with Crippen molar-refractivity contribution in [1.29, 1.82) is 0 Å². The fourth-order valence-corrected chi connectivity index (χ4v) is 2.25. The number of rotatable bonds is 7. The molecule has 1 heterocycles. The maximum Gasteiger partial charge on any atom is 0.237 e. The molecular formula is C12H25N3O3. The van der Waals surface area contributed by atoms with E-state index in [9.17, 15) is 4.79 Å². The summed E-state index contributed by atoms with van der Waals surface area (Å²) in [6.45, 7) is 4.26. The summed E-state index contributed by atoms with van der Waals surface area (Å²) >= 11 is 0. The maximum atomic E-state index is 11.1. The number of amides is 1. The molecule has 0 spiro atoms. The lowest BCUT2D eigenvalue weighted by molar-refractivity contribution is -0.122. The zero-order chi connectivity index (χ0) is 13.8. The van der Waals surface area contributed by atoms with E-state index in [1.807, 2.05) is 0 Å². The second-order valence-corrected chi connectivity index (χ2v) is 5.19. The van der Waals surface area contributed by atoms with Gasteiger partial charge in [-0.2, -0.15) is 0 Å². The lowest BCUT2D eigenvalue weighted by Crippen LogP contribution is -2.49. The number of carbonyl (C=O) groups is 1. The van der Waals surface area contributed by atoms with E-state index in [0.29, 0.717) is 6.42 Å². The van der Waals surface area contributed by atoms with Crippen molar-refractivity contribution in [2.24, 2.45) is 11.5 Å². The van der Waals surface area contributed by atoms with Crippen molar-refractivity contribution >= 4 is 5.91 Å². The van der Waals surface area contributed by atoms with Crippen molar-refractivity contribution in [1.82, 2.24) is 4.90 Å². The summed E-state index contributed by atoms with van der Waals surface area (Å²) in [6.07, 6.45) is 1.67. The van der Waals surface area contributed by atoms with Crippen molar-refractivity contribution in [2.45, 2.75) is 37.5 Å². The van der Waals surface area contributed by atoms with E-state index in [1.165, 1.54) is 0 Å². The Bertz CT molecular complexity index is 272. The molecule has 0 bridgehead atoms. The Labute approximate surface area is 109 Å². The third-order valence-corrected chi connectivity index (χ3v) is 3.63. The van der Waals surface area contributed by atoms with Crippen LogP contribution in [-0.4, -0.2) is 62.4 Å². The number of nitrogens with two attached hydrogens (primary N) is 2. The van der Waals surface area contributed by atoms with E-state index in [4.69, 9.17) is 20.9 Å². The molecule has 6 nitrogen and oxygen atoms in total. The monoisotopic (exact) mass is 259 g/mol. The molecule has 6 heteroatoms. The molecule has 18 heavy (non-hydrogen) atoms. The highest BCUT2D eigenvalue weighted by Crippen LogP contribution is 2.17. The van der Waals surface area contributed by atoms with Gasteiger partial charge in [0.05, 0.1) is 17.7 Å². The number of nitrogens with zero attached hydrogens (tertiary/aromatic N) is 1. The van der Waals surface area contributed by atoms with Crippen LogP contribution in [0.4, 0.5) is 0 Å². The number of carbonyl (C=O) groups excluding carboxylic acids is 1. The highest BCUT2D eigenvalue weighted by molar-refractivity contribution is 5.83. The summed E-state index contributed by atoms with van der Waals surface area (Å²) in [5.41, 5.74) is 10.1. The van der Waals surface area contributed by atoms with Crippen LogP contribution in [0, 0.1) is 0 Å². The molecule has 0 radical (unpaired) electrons. The van der Waals surface area contributed by atoms with E-state index in [0.717, 1.165) is 26.1 Å². The first kappa shape index (κ1) is 15.4. The molecule has 1 aliphatic heterocycles. The fourth-order valence-electron chi connectivity index (χ4n) is 2.25. The lowest BCUT2D eigenvalue weighted by Gasteiger charge is -2.22. The van der Waals surface area contributed by atoms with Gasteiger partial charge < -0.3 is 20.9 Å². The molecule has 1 amide bonds. The van der Waals surface area contributed by atoms with E-state index < -0.39 is 11.4 Å². The lowest BCUT2D eigenvalue weighted by atomic mass is 9.96. The highest BCUT2D eigenvalue weighted by atomic mass is 16.5. The Morgan fingerprint density at radius 1 is 1.33 bits per heavy atom. The van der Waals surface area contributed by atoms with Crippen LogP contribution in [0.2, 0.25) is 0 Å². The summed E-state index contributed by atoms with van der Waals surface area (Å²) in [5, 5.41) is 0. The number of likely N-dealkylation sites (tertiary alicyclic amines) is 1. The van der Waals surface area contributed by atoms with Gasteiger partial charge in [-0.3, -0.25) is 9.69 Å². The van der Waals surface area contributed by atoms with Crippen molar-refractivity contribution in [3.05, 3.63) is 0 Å². The Balaban J connectivity index is 2.31. The van der Waals surface area contributed by atoms with Crippen LogP contribution in [0.15, 0.2) is 0 Å². The van der Waals surface area contributed by atoms with E-state index >= 15 is 0 Å². The first-order chi connectivity index (χ1) is 8.40. The molecule has 3 unspecified atom stereocenters. The third-order valence-electron chi connectivity index (χ3n) is 3.63. The van der Waals surface area contributed by atoms with Crippen LogP contribution in [0.1, 0.15) is 19.8 Å². The first-order valence-corrected chi connectivity index (χ1v) is 6.27. The van der Waals surface area contributed by atoms with Gasteiger partial charge >= 0.3 is 0 Å². The average Bonchev–Trinajstić information content (AvgIpc) is 2.71. The summed E-state index contributed by atoms with van der Waals surface area (Å²) in [7, 11) is 3.40. The van der Waals surface area contributed by atoms with Gasteiger partial charge in [0.15, 0.2) is 0 Å².